The van der Waals surface area contributed by atoms with E-state index in [0.717, 1.165) is 22.4 Å². The van der Waals surface area contributed by atoms with E-state index in [4.69, 9.17) is 4.74 Å². The van der Waals surface area contributed by atoms with Crippen LogP contribution in [-0.2, 0) is 6.54 Å². The fraction of sp³-hybridized carbons (Fsp3) is 0.100. The number of hydrogen-bond donors (Lipinski definition) is 2. The first-order valence-corrected chi connectivity index (χ1v) is 7.73. The Morgan fingerprint density at radius 2 is 1.75 bits per heavy atom. The Kier molecular flexibility index (Phi) is 5.08. The zero-order valence-electron chi connectivity index (χ0n) is 13.4. The molecule has 0 radical (unpaired) electrons. The van der Waals surface area contributed by atoms with Crippen molar-refractivity contribution in [2.24, 2.45) is 0 Å². The van der Waals surface area contributed by atoms with E-state index in [1.54, 1.807) is 13.2 Å². The highest BCUT2D eigenvalue weighted by atomic mass is 19.1. The van der Waals surface area contributed by atoms with Crippen LogP contribution < -0.4 is 15.6 Å². The maximum atomic E-state index is 13.6. The van der Waals surface area contributed by atoms with E-state index in [9.17, 15) is 4.39 Å². The van der Waals surface area contributed by atoms with Crippen LogP contribution in [0.3, 0.4) is 0 Å². The first-order chi connectivity index (χ1) is 11.8. The highest BCUT2D eigenvalue weighted by molar-refractivity contribution is 5.71. The third kappa shape index (κ3) is 3.91. The molecule has 0 unspecified atom stereocenters. The monoisotopic (exact) mass is 322 g/mol. The summed E-state index contributed by atoms with van der Waals surface area (Å²) in [5, 5.41) is 0. The van der Waals surface area contributed by atoms with Gasteiger partial charge in [0.2, 0.25) is 0 Å². The van der Waals surface area contributed by atoms with Gasteiger partial charge >= 0.3 is 0 Å². The number of para-hydroxylation sites is 1. The van der Waals surface area contributed by atoms with E-state index in [1.165, 1.54) is 12.1 Å². The van der Waals surface area contributed by atoms with Crippen molar-refractivity contribution in [2.75, 3.05) is 12.5 Å². The lowest BCUT2D eigenvalue weighted by molar-refractivity contribution is 0.415. The molecule has 0 amide bonds. The predicted octanol–water partition coefficient (Wildman–Crippen LogP) is 4.62. The maximum absolute atomic E-state index is 13.6. The van der Waals surface area contributed by atoms with Gasteiger partial charge in [-0.2, -0.15) is 0 Å². The van der Waals surface area contributed by atoms with Crippen molar-refractivity contribution in [2.45, 2.75) is 6.54 Å². The predicted molar refractivity (Wildman–Crippen MR) is 95.3 cm³/mol. The van der Waals surface area contributed by atoms with Crippen LogP contribution in [0, 0.1) is 5.82 Å². The molecule has 3 aromatic rings. The second-order valence-electron chi connectivity index (χ2n) is 5.39. The van der Waals surface area contributed by atoms with Gasteiger partial charge in [0.1, 0.15) is 11.6 Å². The first-order valence-electron chi connectivity index (χ1n) is 7.73. The molecule has 0 atom stereocenters. The molecule has 3 nitrogen and oxygen atoms in total. The molecule has 0 saturated heterocycles. The number of ether oxygens (including phenoxy) is 1. The molecule has 0 aliphatic heterocycles. The number of halogens is 1. The zero-order valence-corrected chi connectivity index (χ0v) is 13.4. The van der Waals surface area contributed by atoms with Crippen molar-refractivity contribution in [3.63, 3.8) is 0 Å². The molecule has 0 aromatic heterocycles. The molecule has 0 fully saturated rings. The molecule has 0 heterocycles. The van der Waals surface area contributed by atoms with Crippen LogP contribution in [0.2, 0.25) is 0 Å². The summed E-state index contributed by atoms with van der Waals surface area (Å²) in [6.07, 6.45) is 0. The third-order valence-electron chi connectivity index (χ3n) is 3.70. The third-order valence-corrected chi connectivity index (χ3v) is 3.70. The van der Waals surface area contributed by atoms with Gasteiger partial charge in [0.15, 0.2) is 0 Å². The van der Waals surface area contributed by atoms with Crippen molar-refractivity contribution < 1.29 is 9.13 Å². The molecule has 0 saturated carbocycles. The minimum Gasteiger partial charge on any atom is -0.496 e. The van der Waals surface area contributed by atoms with Crippen LogP contribution in [-0.4, -0.2) is 7.11 Å². The molecule has 0 bridgehead atoms. The molecule has 2 N–H and O–H groups in total. The maximum Gasteiger partial charge on any atom is 0.126 e. The topological polar surface area (TPSA) is 33.3 Å². The van der Waals surface area contributed by atoms with Gasteiger partial charge in [-0.3, -0.25) is 0 Å². The van der Waals surface area contributed by atoms with Crippen LogP contribution in [0.1, 0.15) is 5.56 Å². The lowest BCUT2D eigenvalue weighted by Crippen LogP contribution is -2.20. The smallest absolute Gasteiger partial charge is 0.126 e. The molecule has 0 aliphatic carbocycles. The largest absolute Gasteiger partial charge is 0.496 e. The normalized spacial score (nSPS) is 10.4. The Morgan fingerprint density at radius 1 is 0.917 bits per heavy atom. The van der Waals surface area contributed by atoms with E-state index in [1.807, 2.05) is 54.6 Å². The number of methoxy groups -OCH3 is 1. The average Bonchev–Trinajstić information content (AvgIpc) is 2.63. The van der Waals surface area contributed by atoms with E-state index in [0.29, 0.717) is 12.3 Å². The van der Waals surface area contributed by atoms with Crippen molar-refractivity contribution in [1.29, 1.82) is 0 Å². The second kappa shape index (κ2) is 7.62. The molecule has 0 aliphatic rings. The van der Waals surface area contributed by atoms with Crippen LogP contribution >= 0.6 is 0 Å². The van der Waals surface area contributed by atoms with Gasteiger partial charge in [0, 0.05) is 17.8 Å². The van der Waals surface area contributed by atoms with E-state index < -0.39 is 0 Å². The molecular formula is C20H19FN2O. The van der Waals surface area contributed by atoms with E-state index >= 15 is 0 Å². The molecule has 0 spiro atoms. The molecule has 4 heteroatoms. The van der Waals surface area contributed by atoms with Gasteiger partial charge in [-0.25, -0.2) is 9.82 Å². The lowest BCUT2D eigenvalue weighted by atomic mass is 10.0. The molecular weight excluding hydrogens is 303 g/mol. The summed E-state index contributed by atoms with van der Waals surface area (Å²) in [7, 11) is 1.59. The van der Waals surface area contributed by atoms with Crippen LogP contribution in [0.15, 0.2) is 72.8 Å². The summed E-state index contributed by atoms with van der Waals surface area (Å²) in [4.78, 5) is 0. The van der Waals surface area contributed by atoms with Gasteiger partial charge < -0.3 is 10.2 Å². The van der Waals surface area contributed by atoms with E-state index in [2.05, 4.69) is 10.9 Å². The zero-order chi connectivity index (χ0) is 16.8. The van der Waals surface area contributed by atoms with Crippen LogP contribution in [0.5, 0.6) is 5.75 Å². The van der Waals surface area contributed by atoms with Crippen molar-refractivity contribution >= 4 is 5.69 Å². The van der Waals surface area contributed by atoms with Crippen molar-refractivity contribution in [3.05, 3.63) is 84.2 Å². The van der Waals surface area contributed by atoms with Crippen molar-refractivity contribution in [1.82, 2.24) is 5.43 Å². The summed E-state index contributed by atoms with van der Waals surface area (Å²) in [6.45, 7) is 0.639. The number of benzene rings is 3. The Bertz CT molecular complexity index is 806. The summed E-state index contributed by atoms with van der Waals surface area (Å²) < 4.78 is 18.9. The van der Waals surface area contributed by atoms with Gasteiger partial charge in [-0.05, 0) is 47.5 Å². The summed E-state index contributed by atoms with van der Waals surface area (Å²) >= 11 is 0. The summed E-state index contributed by atoms with van der Waals surface area (Å²) in [5.41, 5.74) is 10.1. The number of anilines is 1. The SMILES string of the molecule is COc1ccc(F)cc1-c1cccc(CNNc2ccccc2)c1. The highest BCUT2D eigenvalue weighted by Gasteiger charge is 2.08. The Hall–Kier alpha value is -2.85. The number of nitrogens with one attached hydrogen (secondary N) is 2. The Labute approximate surface area is 141 Å². The average molecular weight is 322 g/mol. The Balaban J connectivity index is 1.74. The van der Waals surface area contributed by atoms with E-state index in [-0.39, 0.29) is 5.82 Å². The standard InChI is InChI=1S/C20H19FN2O/c1-24-20-11-10-17(21)13-19(20)16-7-5-6-15(12-16)14-22-23-18-8-3-2-4-9-18/h2-13,22-23H,14H2,1H3. The number of hydrazine groups is 1. The quantitative estimate of drug-likeness (QED) is 0.650. The summed E-state index contributed by atoms with van der Waals surface area (Å²) in [6, 6.07) is 22.4. The molecule has 3 rings (SSSR count). The van der Waals surface area contributed by atoms with Gasteiger partial charge in [0.25, 0.3) is 0 Å². The minimum atomic E-state index is -0.278. The van der Waals surface area contributed by atoms with Crippen molar-refractivity contribution in [3.8, 4) is 16.9 Å². The van der Waals surface area contributed by atoms with Crippen LogP contribution in [0.25, 0.3) is 11.1 Å². The molecule has 3 aromatic carbocycles. The molecule has 24 heavy (non-hydrogen) atoms. The first kappa shape index (κ1) is 16.0. The fourth-order valence-corrected chi connectivity index (χ4v) is 2.52. The summed E-state index contributed by atoms with van der Waals surface area (Å²) in [5.74, 6) is 0.379. The second-order valence-corrected chi connectivity index (χ2v) is 5.39. The van der Waals surface area contributed by atoms with Gasteiger partial charge in [0.05, 0.1) is 7.11 Å². The highest BCUT2D eigenvalue weighted by Crippen LogP contribution is 2.31. The van der Waals surface area contributed by atoms with Crippen LogP contribution in [0.4, 0.5) is 10.1 Å². The number of rotatable bonds is 6. The lowest BCUT2D eigenvalue weighted by Gasteiger charge is -2.12. The fourth-order valence-electron chi connectivity index (χ4n) is 2.52. The number of hydrogen-bond acceptors (Lipinski definition) is 3. The van der Waals surface area contributed by atoms with Gasteiger partial charge in [-0.1, -0.05) is 36.4 Å². The Morgan fingerprint density at radius 3 is 2.54 bits per heavy atom. The van der Waals surface area contributed by atoms with Gasteiger partial charge in [-0.15, -0.1) is 0 Å². The minimum absolute atomic E-state index is 0.278. The molecule has 122 valence electrons.